The fourth-order valence-corrected chi connectivity index (χ4v) is 1.79. The first-order chi connectivity index (χ1) is 5.29. The number of hydrogen-bond acceptors (Lipinski definition) is 0. The average molecular weight is 260 g/mol. The van der Waals surface area contributed by atoms with Crippen LogP contribution in [0.3, 0.4) is 0 Å². The molecule has 1 aliphatic rings. The summed E-state index contributed by atoms with van der Waals surface area (Å²) in [5, 5.41) is 0. The Balaban J connectivity index is 2.80. The van der Waals surface area contributed by atoms with Crippen LogP contribution in [0, 0.1) is 5.92 Å². The van der Waals surface area contributed by atoms with Gasteiger partial charge in [0.1, 0.15) is 0 Å². The summed E-state index contributed by atoms with van der Waals surface area (Å²) in [5.74, 6) is 0.692. The fourth-order valence-electron chi connectivity index (χ4n) is 1.41. The number of halogens is 1. The average Bonchev–Trinajstić information content (AvgIpc) is 2.34. The maximum Gasteiger partial charge on any atom is -0.00163 e. The van der Waals surface area contributed by atoms with E-state index in [1.54, 1.807) is 0 Å². The summed E-state index contributed by atoms with van der Waals surface area (Å²) in [6.45, 7) is 4.45. The van der Waals surface area contributed by atoms with Crippen molar-refractivity contribution in [2.24, 2.45) is 5.92 Å². The lowest BCUT2D eigenvalue weighted by molar-refractivity contribution is 0.737. The van der Waals surface area contributed by atoms with Crippen LogP contribution in [-0.2, 0) is 0 Å². The Labute approximate surface area is 82.2 Å². The highest BCUT2D eigenvalue weighted by molar-refractivity contribution is 14.1. The first-order valence-corrected chi connectivity index (χ1v) is 5.20. The van der Waals surface area contributed by atoms with Gasteiger partial charge in [0.15, 0.2) is 0 Å². The fraction of sp³-hybridized carbons (Fsp3) is 0.400. The molecule has 0 aliphatic heterocycles. The third-order valence-corrected chi connectivity index (χ3v) is 2.56. The lowest BCUT2D eigenvalue weighted by atomic mass is 10.00. The largest absolute Gasteiger partial charge is 0.0767 e. The Morgan fingerprint density at radius 2 is 2.36 bits per heavy atom. The maximum atomic E-state index is 2.29. The predicted molar refractivity (Wildman–Crippen MR) is 58.8 cm³/mol. The summed E-state index contributed by atoms with van der Waals surface area (Å²) in [6, 6.07) is 0. The van der Waals surface area contributed by atoms with E-state index in [-0.39, 0.29) is 0 Å². The lowest BCUT2D eigenvalue weighted by Crippen LogP contribution is -1.91. The van der Waals surface area contributed by atoms with Crippen LogP contribution < -0.4 is 0 Å². The van der Waals surface area contributed by atoms with Crippen molar-refractivity contribution in [3.8, 4) is 0 Å². The molecule has 1 heteroatoms. The van der Waals surface area contributed by atoms with E-state index in [2.05, 4.69) is 58.7 Å². The van der Waals surface area contributed by atoms with Crippen molar-refractivity contribution in [2.45, 2.75) is 20.3 Å². The topological polar surface area (TPSA) is 0 Å². The Morgan fingerprint density at radius 1 is 1.64 bits per heavy atom. The molecule has 1 atom stereocenters. The van der Waals surface area contributed by atoms with E-state index in [0.29, 0.717) is 5.92 Å². The highest BCUT2D eigenvalue weighted by Crippen LogP contribution is 2.27. The van der Waals surface area contributed by atoms with Crippen molar-refractivity contribution in [3.05, 3.63) is 33.5 Å². The summed E-state index contributed by atoms with van der Waals surface area (Å²) in [6.07, 6.45) is 7.91. The molecule has 11 heavy (non-hydrogen) atoms. The van der Waals surface area contributed by atoms with Crippen molar-refractivity contribution < 1.29 is 0 Å². The second-order valence-electron chi connectivity index (χ2n) is 2.80. The molecule has 60 valence electrons. The molecule has 0 radical (unpaired) electrons. The lowest BCUT2D eigenvalue weighted by Gasteiger charge is -2.05. The van der Waals surface area contributed by atoms with Crippen LogP contribution in [0.1, 0.15) is 20.3 Å². The van der Waals surface area contributed by atoms with Crippen LogP contribution in [0.15, 0.2) is 33.5 Å². The highest BCUT2D eigenvalue weighted by Gasteiger charge is 2.12. The molecule has 0 saturated heterocycles. The summed E-state index contributed by atoms with van der Waals surface area (Å²) < 4.78 is 2.07. The van der Waals surface area contributed by atoms with Crippen molar-refractivity contribution in [3.63, 3.8) is 0 Å². The molecule has 1 unspecified atom stereocenters. The summed E-state index contributed by atoms with van der Waals surface area (Å²) in [4.78, 5) is 0. The minimum Gasteiger partial charge on any atom is -0.0767 e. The Morgan fingerprint density at radius 3 is 2.82 bits per heavy atom. The Hall–Kier alpha value is -0.0500. The monoisotopic (exact) mass is 260 g/mol. The van der Waals surface area contributed by atoms with Crippen molar-refractivity contribution >= 4 is 22.6 Å². The summed E-state index contributed by atoms with van der Waals surface area (Å²) in [7, 11) is 0. The molecule has 0 bridgehead atoms. The quantitative estimate of drug-likeness (QED) is 0.661. The van der Waals surface area contributed by atoms with Gasteiger partial charge in [-0.05, 0) is 35.0 Å². The predicted octanol–water partition coefficient (Wildman–Crippen LogP) is 3.85. The van der Waals surface area contributed by atoms with Crippen LogP contribution in [0.5, 0.6) is 0 Å². The first kappa shape index (κ1) is 9.04. The third kappa shape index (κ3) is 1.95. The van der Waals surface area contributed by atoms with E-state index in [1.807, 2.05) is 0 Å². The molecule has 0 aromatic rings. The van der Waals surface area contributed by atoms with Crippen LogP contribution >= 0.6 is 22.6 Å². The standard InChI is InChI=1S/C10H13I/c1-3-9-4-5-10(6-7-11)8(9)2/h4-7,9H,3H2,1-2H3/b7-6-. The van der Waals surface area contributed by atoms with Crippen LogP contribution in [0.2, 0.25) is 0 Å². The molecule has 0 N–H and O–H groups in total. The van der Waals surface area contributed by atoms with Gasteiger partial charge >= 0.3 is 0 Å². The molecule has 0 spiro atoms. The summed E-state index contributed by atoms with van der Waals surface area (Å²) in [5.41, 5.74) is 2.91. The van der Waals surface area contributed by atoms with E-state index in [0.717, 1.165) is 0 Å². The molecule has 0 fully saturated rings. The van der Waals surface area contributed by atoms with Gasteiger partial charge in [0.2, 0.25) is 0 Å². The van der Waals surface area contributed by atoms with E-state index < -0.39 is 0 Å². The SMILES string of the molecule is CCC1C=CC(/C=C\I)=C1C. The number of rotatable bonds is 2. The van der Waals surface area contributed by atoms with E-state index >= 15 is 0 Å². The first-order valence-electron chi connectivity index (χ1n) is 3.95. The Bertz CT molecular complexity index is 221. The van der Waals surface area contributed by atoms with Gasteiger partial charge in [-0.2, -0.15) is 0 Å². The van der Waals surface area contributed by atoms with Gasteiger partial charge in [-0.1, -0.05) is 47.2 Å². The molecular weight excluding hydrogens is 247 g/mol. The maximum absolute atomic E-state index is 2.29. The van der Waals surface area contributed by atoms with Gasteiger partial charge < -0.3 is 0 Å². The second-order valence-corrected chi connectivity index (χ2v) is 3.52. The molecule has 0 heterocycles. The van der Waals surface area contributed by atoms with Crippen LogP contribution in [0.25, 0.3) is 0 Å². The normalized spacial score (nSPS) is 24.1. The minimum atomic E-state index is 0.692. The van der Waals surface area contributed by atoms with Gasteiger partial charge in [-0.25, -0.2) is 0 Å². The molecule has 0 nitrogen and oxygen atoms in total. The zero-order valence-electron chi connectivity index (χ0n) is 6.97. The number of hydrogen-bond donors (Lipinski definition) is 0. The van der Waals surface area contributed by atoms with Crippen molar-refractivity contribution in [2.75, 3.05) is 0 Å². The van der Waals surface area contributed by atoms with Gasteiger partial charge in [0.05, 0.1) is 0 Å². The van der Waals surface area contributed by atoms with Gasteiger partial charge in [0, 0.05) is 0 Å². The summed E-state index contributed by atoms with van der Waals surface area (Å²) >= 11 is 2.26. The second kappa shape index (κ2) is 4.10. The van der Waals surface area contributed by atoms with E-state index in [9.17, 15) is 0 Å². The zero-order chi connectivity index (χ0) is 8.27. The highest BCUT2D eigenvalue weighted by atomic mass is 127. The molecule has 0 aromatic carbocycles. The minimum absolute atomic E-state index is 0.692. The van der Waals surface area contributed by atoms with Gasteiger partial charge in [-0.3, -0.25) is 0 Å². The van der Waals surface area contributed by atoms with Gasteiger partial charge in [-0.15, -0.1) is 0 Å². The molecule has 0 amide bonds. The van der Waals surface area contributed by atoms with E-state index in [4.69, 9.17) is 0 Å². The van der Waals surface area contributed by atoms with Crippen LogP contribution in [0.4, 0.5) is 0 Å². The van der Waals surface area contributed by atoms with Crippen molar-refractivity contribution in [1.29, 1.82) is 0 Å². The third-order valence-electron chi connectivity index (χ3n) is 2.20. The molecule has 1 rings (SSSR count). The number of allylic oxidation sites excluding steroid dienone is 5. The van der Waals surface area contributed by atoms with Gasteiger partial charge in [0.25, 0.3) is 0 Å². The van der Waals surface area contributed by atoms with Crippen molar-refractivity contribution in [1.82, 2.24) is 0 Å². The molecule has 0 aromatic heterocycles. The molecule has 1 aliphatic carbocycles. The van der Waals surface area contributed by atoms with E-state index in [1.165, 1.54) is 17.6 Å². The van der Waals surface area contributed by atoms with Crippen LogP contribution in [-0.4, -0.2) is 0 Å². The Kier molecular flexibility index (Phi) is 3.37. The molecule has 0 saturated carbocycles. The zero-order valence-corrected chi connectivity index (χ0v) is 9.13. The smallest absolute Gasteiger partial charge is 0.00163 e. The molecular formula is C10H13I.